The van der Waals surface area contributed by atoms with Gasteiger partial charge in [-0.1, -0.05) is 6.42 Å². The molecule has 1 amide bonds. The van der Waals surface area contributed by atoms with Crippen molar-refractivity contribution in [2.45, 2.75) is 69.9 Å². The number of nitrogens with two attached hydrogens (primary N) is 1. The minimum Gasteiger partial charge on any atom is -0.370 e. The lowest BCUT2D eigenvalue weighted by molar-refractivity contribution is -0.118. The summed E-state index contributed by atoms with van der Waals surface area (Å²) < 4.78 is 30.0. The molecule has 9 heteroatoms. The third-order valence-electron chi connectivity index (χ3n) is 6.83. The molecule has 32 heavy (non-hydrogen) atoms. The number of aryl methyl sites for hydroxylation is 1. The molecular weight excluding hydrogens is 426 g/mol. The first-order valence-corrected chi connectivity index (χ1v) is 13.3. The lowest BCUT2D eigenvalue weighted by atomic mass is 9.93. The first kappa shape index (κ1) is 23.2. The second-order valence-electron chi connectivity index (χ2n) is 9.14. The van der Waals surface area contributed by atoms with Crippen molar-refractivity contribution >= 4 is 27.0 Å². The van der Waals surface area contributed by atoms with Crippen molar-refractivity contribution < 1.29 is 13.2 Å². The highest BCUT2D eigenvalue weighted by Crippen LogP contribution is 2.27. The monoisotopic (exact) mass is 461 g/mol. The van der Waals surface area contributed by atoms with Gasteiger partial charge in [-0.3, -0.25) is 9.69 Å². The minimum absolute atomic E-state index is 0.231. The lowest BCUT2D eigenvalue weighted by Crippen LogP contribution is -2.36. The molecule has 2 aliphatic rings. The highest BCUT2D eigenvalue weighted by atomic mass is 32.2. The summed E-state index contributed by atoms with van der Waals surface area (Å²) in [5.41, 5.74) is 7.04. The first-order valence-electron chi connectivity index (χ1n) is 11.9. The van der Waals surface area contributed by atoms with Crippen LogP contribution in [0.1, 0.15) is 57.7 Å². The third-order valence-corrected chi connectivity index (χ3v) is 8.73. The Morgan fingerprint density at radius 3 is 2.66 bits per heavy atom. The van der Waals surface area contributed by atoms with Crippen molar-refractivity contribution in [1.29, 1.82) is 0 Å². The van der Waals surface area contributed by atoms with Crippen LogP contribution in [0.5, 0.6) is 0 Å². The van der Waals surface area contributed by atoms with E-state index in [1.165, 1.54) is 0 Å². The zero-order chi connectivity index (χ0) is 22.7. The molecule has 1 aromatic carbocycles. The Hall–Kier alpha value is -1.97. The van der Waals surface area contributed by atoms with Crippen molar-refractivity contribution in [2.75, 3.05) is 26.2 Å². The van der Waals surface area contributed by atoms with Gasteiger partial charge in [0.15, 0.2) is 0 Å². The molecule has 2 aromatic rings. The number of sulfonamides is 1. The number of rotatable bonds is 8. The molecule has 4 rings (SSSR count). The van der Waals surface area contributed by atoms with E-state index in [1.54, 1.807) is 16.4 Å². The van der Waals surface area contributed by atoms with Gasteiger partial charge < -0.3 is 10.3 Å². The minimum atomic E-state index is -3.48. The average molecular weight is 462 g/mol. The molecule has 0 saturated carbocycles. The van der Waals surface area contributed by atoms with E-state index in [1.807, 2.05) is 6.07 Å². The van der Waals surface area contributed by atoms with Crippen molar-refractivity contribution in [3.05, 3.63) is 24.0 Å². The maximum atomic E-state index is 13.1. The number of carbonyl (C=O) groups excluding carboxylic acids is 1. The number of amides is 1. The van der Waals surface area contributed by atoms with Gasteiger partial charge in [-0.2, -0.15) is 4.31 Å². The Bertz CT molecular complexity index is 1060. The maximum Gasteiger partial charge on any atom is 0.243 e. The molecule has 2 saturated heterocycles. The van der Waals surface area contributed by atoms with E-state index in [9.17, 15) is 13.2 Å². The highest BCUT2D eigenvalue weighted by Gasteiger charge is 2.27. The van der Waals surface area contributed by atoms with Crippen LogP contribution in [0.2, 0.25) is 0 Å². The number of piperidine rings is 2. The standard InChI is InChI=1S/C23H35N5O3S/c1-2-28-21-10-9-19(32(30,31)27-13-4-3-5-14-27)15-20(21)25-23(28)17-26-12-6-7-18(16-26)8-11-22(24)29/h9-10,15,18H,2-8,11-14,16-17H2,1H3,(H2,24,29). The van der Waals surface area contributed by atoms with Crippen molar-refractivity contribution in [2.24, 2.45) is 11.7 Å². The molecule has 0 radical (unpaired) electrons. The third kappa shape index (κ3) is 5.00. The Morgan fingerprint density at radius 2 is 1.94 bits per heavy atom. The first-order chi connectivity index (χ1) is 15.4. The van der Waals surface area contributed by atoms with E-state index < -0.39 is 10.0 Å². The summed E-state index contributed by atoms with van der Waals surface area (Å²) in [6.07, 6.45) is 6.46. The van der Waals surface area contributed by atoms with E-state index in [2.05, 4.69) is 16.4 Å². The van der Waals surface area contributed by atoms with Crippen LogP contribution in [0.15, 0.2) is 23.1 Å². The number of imidazole rings is 1. The summed E-state index contributed by atoms with van der Waals surface area (Å²) in [6, 6.07) is 5.36. The lowest BCUT2D eigenvalue weighted by Gasteiger charge is -2.32. The average Bonchev–Trinajstić information content (AvgIpc) is 3.14. The van der Waals surface area contributed by atoms with Gasteiger partial charge in [0.25, 0.3) is 0 Å². The zero-order valence-corrected chi connectivity index (χ0v) is 19.8. The molecule has 176 valence electrons. The molecule has 0 aliphatic carbocycles. The zero-order valence-electron chi connectivity index (χ0n) is 19.0. The number of carbonyl (C=O) groups is 1. The summed E-state index contributed by atoms with van der Waals surface area (Å²) in [5.74, 6) is 1.22. The highest BCUT2D eigenvalue weighted by molar-refractivity contribution is 7.89. The molecule has 2 N–H and O–H groups in total. The number of likely N-dealkylation sites (tertiary alicyclic amines) is 1. The van der Waals surface area contributed by atoms with Crippen molar-refractivity contribution in [3.8, 4) is 0 Å². The van der Waals surface area contributed by atoms with Gasteiger partial charge in [0.05, 0.1) is 22.5 Å². The number of nitrogens with zero attached hydrogens (tertiary/aromatic N) is 4. The molecule has 1 unspecified atom stereocenters. The van der Waals surface area contributed by atoms with Crippen LogP contribution in [-0.4, -0.2) is 59.3 Å². The van der Waals surface area contributed by atoms with Gasteiger partial charge in [-0.15, -0.1) is 0 Å². The fraction of sp³-hybridized carbons (Fsp3) is 0.652. The number of hydrogen-bond donors (Lipinski definition) is 1. The molecule has 1 aromatic heterocycles. The van der Waals surface area contributed by atoms with Crippen LogP contribution in [0.4, 0.5) is 0 Å². The summed E-state index contributed by atoms with van der Waals surface area (Å²) in [7, 11) is -3.48. The van der Waals surface area contributed by atoms with Gasteiger partial charge in [-0.05, 0) is 69.7 Å². The second kappa shape index (κ2) is 9.89. The molecule has 1 atom stereocenters. The van der Waals surface area contributed by atoms with Gasteiger partial charge in [0.1, 0.15) is 5.82 Å². The summed E-state index contributed by atoms with van der Waals surface area (Å²) in [6.45, 7) is 6.74. The molecule has 0 spiro atoms. The van der Waals surface area contributed by atoms with E-state index in [0.29, 0.717) is 30.3 Å². The summed E-state index contributed by atoms with van der Waals surface area (Å²) in [4.78, 5) is 18.7. The van der Waals surface area contributed by atoms with E-state index >= 15 is 0 Å². The predicted octanol–water partition coefficient (Wildman–Crippen LogP) is 2.71. The van der Waals surface area contributed by atoms with Crippen LogP contribution in [-0.2, 0) is 27.9 Å². The fourth-order valence-corrected chi connectivity index (χ4v) is 6.66. The number of primary amides is 1. The van der Waals surface area contributed by atoms with E-state index in [4.69, 9.17) is 10.7 Å². The smallest absolute Gasteiger partial charge is 0.243 e. The molecule has 0 bridgehead atoms. The molecule has 8 nitrogen and oxygen atoms in total. The molecule has 2 fully saturated rings. The van der Waals surface area contributed by atoms with E-state index in [0.717, 1.165) is 81.6 Å². The molecule has 2 aliphatic heterocycles. The summed E-state index contributed by atoms with van der Waals surface area (Å²) in [5, 5.41) is 0. The SMILES string of the molecule is CCn1c(CN2CCCC(CCC(N)=O)C2)nc2cc(S(=O)(=O)N3CCCCC3)ccc21. The number of aromatic nitrogens is 2. The number of benzene rings is 1. The number of hydrogen-bond acceptors (Lipinski definition) is 5. The second-order valence-corrected chi connectivity index (χ2v) is 11.1. The van der Waals surface area contributed by atoms with Crippen LogP contribution < -0.4 is 5.73 Å². The Morgan fingerprint density at radius 1 is 1.16 bits per heavy atom. The predicted molar refractivity (Wildman–Crippen MR) is 124 cm³/mol. The van der Waals surface area contributed by atoms with Crippen molar-refractivity contribution in [3.63, 3.8) is 0 Å². The van der Waals surface area contributed by atoms with Crippen LogP contribution in [0, 0.1) is 5.92 Å². The largest absolute Gasteiger partial charge is 0.370 e. The van der Waals surface area contributed by atoms with Crippen LogP contribution in [0.3, 0.4) is 0 Å². The molecular formula is C23H35N5O3S. The number of fused-ring (bicyclic) bond motifs is 1. The Balaban J connectivity index is 1.54. The Labute approximate surface area is 190 Å². The molecule has 3 heterocycles. The topological polar surface area (TPSA) is 102 Å². The quantitative estimate of drug-likeness (QED) is 0.651. The fourth-order valence-electron chi connectivity index (χ4n) is 5.12. The van der Waals surface area contributed by atoms with Gasteiger partial charge in [0.2, 0.25) is 15.9 Å². The van der Waals surface area contributed by atoms with Crippen LogP contribution in [0.25, 0.3) is 11.0 Å². The Kier molecular flexibility index (Phi) is 7.17. The summed E-state index contributed by atoms with van der Waals surface area (Å²) >= 11 is 0. The van der Waals surface area contributed by atoms with Gasteiger partial charge >= 0.3 is 0 Å². The van der Waals surface area contributed by atoms with Crippen molar-refractivity contribution in [1.82, 2.24) is 18.8 Å². The van der Waals surface area contributed by atoms with E-state index in [-0.39, 0.29) is 5.91 Å². The van der Waals surface area contributed by atoms with Gasteiger partial charge in [-0.25, -0.2) is 13.4 Å². The normalized spacial score (nSPS) is 21.2. The van der Waals surface area contributed by atoms with Crippen LogP contribution >= 0.6 is 0 Å². The van der Waals surface area contributed by atoms with Gasteiger partial charge in [0, 0.05) is 32.6 Å². The maximum absolute atomic E-state index is 13.1.